The van der Waals surface area contributed by atoms with Crippen LogP contribution in [0.15, 0.2) is 17.3 Å². The average Bonchev–Trinajstić information content (AvgIpc) is 2.95. The first-order chi connectivity index (χ1) is 11.4. The van der Waals surface area contributed by atoms with E-state index in [1.54, 1.807) is 9.42 Å². The highest BCUT2D eigenvalue weighted by atomic mass is 32.2. The second kappa shape index (κ2) is 6.46. The Labute approximate surface area is 145 Å². The molecule has 0 saturated carbocycles. The fourth-order valence-corrected chi connectivity index (χ4v) is 2.93. The van der Waals surface area contributed by atoms with E-state index in [4.69, 9.17) is 4.74 Å². The van der Waals surface area contributed by atoms with Gasteiger partial charge < -0.3 is 14.5 Å². The van der Waals surface area contributed by atoms with E-state index in [2.05, 4.69) is 20.2 Å². The Morgan fingerprint density at radius 2 is 1.88 bits per heavy atom. The van der Waals surface area contributed by atoms with Crippen molar-refractivity contribution in [2.45, 2.75) is 31.5 Å². The summed E-state index contributed by atoms with van der Waals surface area (Å²) in [4.78, 5) is 16.0. The number of anilines is 1. The molecule has 1 saturated heterocycles. The number of piperazine rings is 1. The molecule has 1 aliphatic rings. The van der Waals surface area contributed by atoms with E-state index in [1.807, 2.05) is 39.2 Å². The highest BCUT2D eigenvalue weighted by Gasteiger charge is 2.26. The van der Waals surface area contributed by atoms with Crippen LogP contribution in [-0.2, 0) is 4.74 Å². The fraction of sp³-hybridized carbons (Fsp3) is 0.600. The number of aromatic nitrogens is 4. The first-order valence-corrected chi connectivity index (χ1v) is 9.09. The molecule has 1 fully saturated rings. The van der Waals surface area contributed by atoms with Crippen LogP contribution in [0.1, 0.15) is 20.8 Å². The summed E-state index contributed by atoms with van der Waals surface area (Å²) in [5, 5.41) is 13.6. The van der Waals surface area contributed by atoms with Crippen molar-refractivity contribution >= 4 is 29.3 Å². The van der Waals surface area contributed by atoms with Crippen LogP contribution in [0.4, 0.5) is 10.6 Å². The zero-order valence-electron chi connectivity index (χ0n) is 14.4. The van der Waals surface area contributed by atoms with Crippen molar-refractivity contribution in [3.8, 4) is 0 Å². The molecule has 1 amide bonds. The maximum absolute atomic E-state index is 12.1. The smallest absolute Gasteiger partial charge is 0.410 e. The second-order valence-corrected chi connectivity index (χ2v) is 7.38. The van der Waals surface area contributed by atoms with Gasteiger partial charge in [-0.25, -0.2) is 4.79 Å². The van der Waals surface area contributed by atoms with Gasteiger partial charge in [0.2, 0.25) is 5.16 Å². The zero-order valence-corrected chi connectivity index (χ0v) is 15.2. The van der Waals surface area contributed by atoms with Crippen molar-refractivity contribution in [3.05, 3.63) is 12.1 Å². The van der Waals surface area contributed by atoms with Gasteiger partial charge in [-0.1, -0.05) is 11.8 Å². The molecule has 0 aliphatic carbocycles. The lowest BCUT2D eigenvalue weighted by Gasteiger charge is -2.36. The molecular formula is C15H22N6O2S. The Morgan fingerprint density at radius 1 is 1.17 bits per heavy atom. The molecule has 0 spiro atoms. The minimum Gasteiger partial charge on any atom is -0.444 e. The molecule has 24 heavy (non-hydrogen) atoms. The number of thioether (sulfide) groups is 1. The number of carbonyl (C=O) groups excluding carboxylic acids is 1. The Hall–Kier alpha value is -2.03. The topological polar surface area (TPSA) is 75.9 Å². The molecule has 2 aromatic heterocycles. The van der Waals surface area contributed by atoms with Gasteiger partial charge >= 0.3 is 6.09 Å². The molecule has 0 unspecified atom stereocenters. The lowest BCUT2D eigenvalue weighted by Crippen LogP contribution is -2.50. The van der Waals surface area contributed by atoms with Crippen molar-refractivity contribution in [3.63, 3.8) is 0 Å². The van der Waals surface area contributed by atoms with Gasteiger partial charge in [-0.05, 0) is 39.2 Å². The van der Waals surface area contributed by atoms with Gasteiger partial charge in [0.25, 0.3) is 0 Å². The van der Waals surface area contributed by atoms with Gasteiger partial charge in [-0.15, -0.1) is 15.3 Å². The number of nitrogens with zero attached hydrogens (tertiary/aromatic N) is 6. The number of rotatable bonds is 2. The van der Waals surface area contributed by atoms with E-state index < -0.39 is 5.60 Å². The third kappa shape index (κ3) is 3.55. The van der Waals surface area contributed by atoms with Crippen LogP contribution in [0.2, 0.25) is 0 Å². The summed E-state index contributed by atoms with van der Waals surface area (Å²) >= 11 is 1.51. The SMILES string of the molecule is CSc1nnc2ccc(N3CCN(C(=O)OC(C)(C)C)CC3)nn12. The standard InChI is InChI=1S/C15H22N6O2S/c1-15(2,3)23-14(22)20-9-7-19(8-10-20)12-6-5-11-16-17-13(24-4)21(11)18-12/h5-6H,7-10H2,1-4H3. The number of fused-ring (bicyclic) bond motifs is 1. The number of hydrogen-bond donors (Lipinski definition) is 0. The summed E-state index contributed by atoms with van der Waals surface area (Å²) in [5.74, 6) is 0.862. The lowest BCUT2D eigenvalue weighted by molar-refractivity contribution is 0.0240. The number of ether oxygens (including phenoxy) is 1. The largest absolute Gasteiger partial charge is 0.444 e. The molecule has 8 nitrogen and oxygen atoms in total. The van der Waals surface area contributed by atoms with E-state index in [0.717, 1.165) is 16.6 Å². The molecular weight excluding hydrogens is 328 g/mol. The van der Waals surface area contributed by atoms with Crippen molar-refractivity contribution in [2.24, 2.45) is 0 Å². The Morgan fingerprint density at radius 3 is 2.50 bits per heavy atom. The van der Waals surface area contributed by atoms with Crippen LogP contribution in [0.3, 0.4) is 0 Å². The maximum atomic E-state index is 12.1. The summed E-state index contributed by atoms with van der Waals surface area (Å²) in [6.07, 6.45) is 1.69. The Balaban J connectivity index is 1.67. The molecule has 0 radical (unpaired) electrons. The highest BCUT2D eigenvalue weighted by Crippen LogP contribution is 2.18. The molecule has 0 N–H and O–H groups in total. The van der Waals surface area contributed by atoms with E-state index in [9.17, 15) is 4.79 Å². The third-order valence-electron chi connectivity index (χ3n) is 3.66. The zero-order chi connectivity index (χ0) is 17.3. The monoisotopic (exact) mass is 350 g/mol. The predicted molar refractivity (Wildman–Crippen MR) is 92.6 cm³/mol. The molecule has 3 heterocycles. The van der Waals surface area contributed by atoms with Crippen LogP contribution < -0.4 is 4.90 Å². The second-order valence-electron chi connectivity index (χ2n) is 6.60. The molecule has 1 aliphatic heterocycles. The van der Waals surface area contributed by atoms with Gasteiger partial charge in [0.1, 0.15) is 11.4 Å². The molecule has 0 bridgehead atoms. The van der Waals surface area contributed by atoms with Crippen molar-refractivity contribution in [1.29, 1.82) is 0 Å². The van der Waals surface area contributed by atoms with Crippen LogP contribution in [0.25, 0.3) is 5.65 Å². The lowest BCUT2D eigenvalue weighted by atomic mass is 10.2. The molecule has 9 heteroatoms. The van der Waals surface area contributed by atoms with Crippen molar-refractivity contribution in [1.82, 2.24) is 24.7 Å². The van der Waals surface area contributed by atoms with Gasteiger partial charge in [0.05, 0.1) is 0 Å². The van der Waals surface area contributed by atoms with E-state index in [-0.39, 0.29) is 6.09 Å². The Kier molecular flexibility index (Phi) is 4.53. The summed E-state index contributed by atoms with van der Waals surface area (Å²) in [6.45, 7) is 8.30. The maximum Gasteiger partial charge on any atom is 0.410 e. The summed E-state index contributed by atoms with van der Waals surface area (Å²) < 4.78 is 7.18. The van der Waals surface area contributed by atoms with Gasteiger partial charge in [0.15, 0.2) is 5.65 Å². The van der Waals surface area contributed by atoms with E-state index in [0.29, 0.717) is 26.2 Å². The number of carbonyl (C=O) groups is 1. The number of amides is 1. The van der Waals surface area contributed by atoms with Gasteiger partial charge in [0, 0.05) is 26.2 Å². The normalized spacial score (nSPS) is 15.8. The summed E-state index contributed by atoms with van der Waals surface area (Å²) in [7, 11) is 0. The molecule has 130 valence electrons. The third-order valence-corrected chi connectivity index (χ3v) is 4.28. The fourth-order valence-electron chi connectivity index (χ4n) is 2.50. The van der Waals surface area contributed by atoms with Crippen molar-refractivity contribution in [2.75, 3.05) is 37.3 Å². The number of hydrogen-bond acceptors (Lipinski definition) is 7. The molecule has 0 atom stereocenters. The minimum atomic E-state index is -0.469. The van der Waals surface area contributed by atoms with E-state index >= 15 is 0 Å². The molecule has 2 aromatic rings. The van der Waals surface area contributed by atoms with Crippen LogP contribution >= 0.6 is 11.8 Å². The first kappa shape index (κ1) is 16.8. The minimum absolute atomic E-state index is 0.256. The van der Waals surface area contributed by atoms with Crippen LogP contribution in [0, 0.1) is 0 Å². The predicted octanol–water partition coefficient (Wildman–Crippen LogP) is 1.90. The average molecular weight is 350 g/mol. The molecule has 0 aromatic carbocycles. The Bertz CT molecular complexity index is 733. The quantitative estimate of drug-likeness (QED) is 0.766. The highest BCUT2D eigenvalue weighted by molar-refractivity contribution is 7.98. The van der Waals surface area contributed by atoms with Gasteiger partial charge in [-0.2, -0.15) is 4.52 Å². The summed E-state index contributed by atoms with van der Waals surface area (Å²) in [6, 6.07) is 3.85. The van der Waals surface area contributed by atoms with Gasteiger partial charge in [-0.3, -0.25) is 0 Å². The van der Waals surface area contributed by atoms with Crippen molar-refractivity contribution < 1.29 is 9.53 Å². The summed E-state index contributed by atoms with van der Waals surface area (Å²) in [5.41, 5.74) is 0.263. The van der Waals surface area contributed by atoms with E-state index in [1.165, 1.54) is 11.8 Å². The molecule has 3 rings (SSSR count). The van der Waals surface area contributed by atoms with Crippen LogP contribution in [-0.4, -0.2) is 68.8 Å². The first-order valence-electron chi connectivity index (χ1n) is 7.87. The van der Waals surface area contributed by atoms with Crippen LogP contribution in [0.5, 0.6) is 0 Å².